The molecule has 0 bridgehead atoms. The Balaban J connectivity index is 0.00000132. The molecule has 0 amide bonds. The van der Waals surface area contributed by atoms with E-state index >= 15 is 0 Å². The zero-order valence-electron chi connectivity index (χ0n) is 12.5. The predicted octanol–water partition coefficient (Wildman–Crippen LogP) is 1.83. The van der Waals surface area contributed by atoms with E-state index in [0.717, 1.165) is 31.9 Å². The van der Waals surface area contributed by atoms with Gasteiger partial charge >= 0.3 is 0 Å². The summed E-state index contributed by atoms with van der Waals surface area (Å²) in [6, 6.07) is 6.63. The molecule has 23 heavy (non-hydrogen) atoms. The van der Waals surface area contributed by atoms with Gasteiger partial charge < -0.3 is 15.2 Å². The van der Waals surface area contributed by atoms with Crippen LogP contribution in [0, 0.1) is 5.82 Å². The van der Waals surface area contributed by atoms with E-state index in [2.05, 4.69) is 19.9 Å². The summed E-state index contributed by atoms with van der Waals surface area (Å²) >= 11 is 0. The van der Waals surface area contributed by atoms with Crippen molar-refractivity contribution in [2.45, 2.75) is 13.1 Å². The highest BCUT2D eigenvalue weighted by atomic mass is 35.5. The van der Waals surface area contributed by atoms with E-state index in [1.807, 2.05) is 12.1 Å². The summed E-state index contributed by atoms with van der Waals surface area (Å²) in [5.74, 6) is 0.936. The van der Waals surface area contributed by atoms with Crippen molar-refractivity contribution in [3.05, 3.63) is 41.8 Å². The summed E-state index contributed by atoms with van der Waals surface area (Å²) in [7, 11) is 0. The monoisotopic (exact) mass is 363 g/mol. The standard InChI is InChI=1S/C14H18FN5O.2ClH/c15-11-1-3-12(4-2-11)20-7-5-19(6-8-20)10-13-17-14(9-16)21-18-13;;/h1-4H,5-10,16H2;2*1H. The van der Waals surface area contributed by atoms with Gasteiger partial charge in [0, 0.05) is 31.9 Å². The van der Waals surface area contributed by atoms with Crippen molar-refractivity contribution >= 4 is 30.5 Å². The van der Waals surface area contributed by atoms with Crippen LogP contribution in [0.25, 0.3) is 0 Å². The molecule has 2 heterocycles. The Morgan fingerprint density at radius 2 is 1.74 bits per heavy atom. The summed E-state index contributed by atoms with van der Waals surface area (Å²) in [6.07, 6.45) is 0. The molecule has 0 spiro atoms. The van der Waals surface area contributed by atoms with Crippen LogP contribution in [0.2, 0.25) is 0 Å². The summed E-state index contributed by atoms with van der Waals surface area (Å²) in [4.78, 5) is 8.73. The molecule has 1 aromatic heterocycles. The number of rotatable bonds is 4. The molecule has 0 aliphatic carbocycles. The fourth-order valence-electron chi connectivity index (χ4n) is 2.45. The molecule has 2 N–H and O–H groups in total. The van der Waals surface area contributed by atoms with Crippen LogP contribution in [0.15, 0.2) is 28.8 Å². The minimum atomic E-state index is -0.204. The van der Waals surface area contributed by atoms with Crippen molar-refractivity contribution in [1.29, 1.82) is 0 Å². The molecule has 2 aromatic rings. The summed E-state index contributed by atoms with van der Waals surface area (Å²) < 4.78 is 17.9. The van der Waals surface area contributed by atoms with Crippen LogP contribution < -0.4 is 10.6 Å². The number of hydrogen-bond donors (Lipinski definition) is 1. The van der Waals surface area contributed by atoms with Gasteiger partial charge in [-0.15, -0.1) is 24.8 Å². The summed E-state index contributed by atoms with van der Waals surface area (Å²) in [6.45, 7) is 4.54. The van der Waals surface area contributed by atoms with E-state index in [0.29, 0.717) is 18.3 Å². The minimum absolute atomic E-state index is 0. The van der Waals surface area contributed by atoms with Gasteiger partial charge in [-0.25, -0.2) is 4.39 Å². The normalized spacial score (nSPS) is 15.0. The average molecular weight is 364 g/mol. The van der Waals surface area contributed by atoms with Crippen molar-refractivity contribution in [2.24, 2.45) is 5.73 Å². The highest BCUT2D eigenvalue weighted by molar-refractivity contribution is 5.85. The molecule has 0 unspecified atom stereocenters. The number of benzene rings is 1. The molecule has 3 rings (SSSR count). The van der Waals surface area contributed by atoms with Gasteiger partial charge in [-0.2, -0.15) is 4.98 Å². The molecule has 1 fully saturated rings. The van der Waals surface area contributed by atoms with Crippen molar-refractivity contribution in [3.63, 3.8) is 0 Å². The lowest BCUT2D eigenvalue weighted by molar-refractivity contribution is 0.240. The zero-order chi connectivity index (χ0) is 14.7. The Morgan fingerprint density at radius 1 is 1.09 bits per heavy atom. The minimum Gasteiger partial charge on any atom is -0.369 e. The second-order valence-electron chi connectivity index (χ2n) is 5.05. The first kappa shape index (κ1) is 19.6. The van der Waals surface area contributed by atoms with Gasteiger partial charge in [0.2, 0.25) is 5.89 Å². The molecular formula is C14H20Cl2FN5O. The molecule has 6 nitrogen and oxygen atoms in total. The number of nitrogens with two attached hydrogens (primary N) is 1. The molecule has 1 aliphatic heterocycles. The Bertz CT molecular complexity index is 587. The van der Waals surface area contributed by atoms with E-state index in [4.69, 9.17) is 10.3 Å². The van der Waals surface area contributed by atoms with E-state index in [9.17, 15) is 4.39 Å². The molecule has 1 saturated heterocycles. The van der Waals surface area contributed by atoms with Gasteiger partial charge in [0.1, 0.15) is 5.82 Å². The number of halogens is 3. The third-order valence-electron chi connectivity index (χ3n) is 3.61. The lowest BCUT2D eigenvalue weighted by Gasteiger charge is -2.35. The average Bonchev–Trinajstić information content (AvgIpc) is 2.97. The maximum absolute atomic E-state index is 12.9. The first-order valence-corrected chi connectivity index (χ1v) is 6.99. The van der Waals surface area contributed by atoms with Gasteiger partial charge in [0.15, 0.2) is 5.82 Å². The number of nitrogens with zero attached hydrogens (tertiary/aromatic N) is 4. The van der Waals surface area contributed by atoms with E-state index in [1.54, 1.807) is 0 Å². The highest BCUT2D eigenvalue weighted by Crippen LogP contribution is 2.17. The van der Waals surface area contributed by atoms with Crippen LogP contribution in [-0.4, -0.2) is 41.2 Å². The Hall–Kier alpha value is -1.41. The Morgan fingerprint density at radius 3 is 2.30 bits per heavy atom. The van der Waals surface area contributed by atoms with E-state index < -0.39 is 0 Å². The summed E-state index contributed by atoms with van der Waals surface area (Å²) in [5.41, 5.74) is 6.50. The van der Waals surface area contributed by atoms with Crippen LogP contribution in [0.1, 0.15) is 11.7 Å². The highest BCUT2D eigenvalue weighted by Gasteiger charge is 2.19. The predicted molar refractivity (Wildman–Crippen MR) is 90.6 cm³/mol. The van der Waals surface area contributed by atoms with E-state index in [-0.39, 0.29) is 37.2 Å². The molecule has 1 aliphatic rings. The maximum atomic E-state index is 12.9. The molecule has 0 atom stereocenters. The number of anilines is 1. The third-order valence-corrected chi connectivity index (χ3v) is 3.61. The maximum Gasteiger partial charge on any atom is 0.240 e. The number of piperazine rings is 1. The van der Waals surface area contributed by atoms with Gasteiger partial charge in [-0.1, -0.05) is 5.16 Å². The second kappa shape index (κ2) is 9.02. The van der Waals surface area contributed by atoms with Crippen LogP contribution in [0.3, 0.4) is 0 Å². The van der Waals surface area contributed by atoms with Crippen molar-refractivity contribution < 1.29 is 8.91 Å². The van der Waals surface area contributed by atoms with Gasteiger partial charge in [-0.05, 0) is 24.3 Å². The number of hydrogen-bond acceptors (Lipinski definition) is 6. The van der Waals surface area contributed by atoms with Crippen molar-refractivity contribution in [1.82, 2.24) is 15.0 Å². The zero-order valence-corrected chi connectivity index (χ0v) is 14.2. The van der Waals surface area contributed by atoms with Crippen LogP contribution >= 0.6 is 24.8 Å². The van der Waals surface area contributed by atoms with Crippen molar-refractivity contribution in [3.8, 4) is 0 Å². The van der Waals surface area contributed by atoms with Crippen LogP contribution in [-0.2, 0) is 13.1 Å². The quantitative estimate of drug-likeness (QED) is 0.893. The fourth-order valence-corrected chi connectivity index (χ4v) is 2.45. The fraction of sp³-hybridized carbons (Fsp3) is 0.429. The molecule has 0 radical (unpaired) electrons. The first-order valence-electron chi connectivity index (χ1n) is 6.99. The second-order valence-corrected chi connectivity index (χ2v) is 5.05. The molecule has 9 heteroatoms. The smallest absolute Gasteiger partial charge is 0.240 e. The summed E-state index contributed by atoms with van der Waals surface area (Å²) in [5, 5.41) is 3.90. The SMILES string of the molecule is Cl.Cl.NCc1nc(CN2CCN(c3ccc(F)cc3)CC2)no1. The van der Waals surface area contributed by atoms with Gasteiger partial charge in [0.05, 0.1) is 13.1 Å². The molecule has 0 saturated carbocycles. The van der Waals surface area contributed by atoms with Gasteiger partial charge in [0.25, 0.3) is 0 Å². The molecule has 128 valence electrons. The Kier molecular flexibility index (Phi) is 7.70. The van der Waals surface area contributed by atoms with Crippen LogP contribution in [0.4, 0.5) is 10.1 Å². The third kappa shape index (κ3) is 5.04. The van der Waals surface area contributed by atoms with Crippen molar-refractivity contribution in [2.75, 3.05) is 31.1 Å². The Labute approximate surface area is 146 Å². The topological polar surface area (TPSA) is 71.4 Å². The molecular weight excluding hydrogens is 344 g/mol. The largest absolute Gasteiger partial charge is 0.369 e. The van der Waals surface area contributed by atoms with E-state index in [1.165, 1.54) is 12.1 Å². The molecule has 1 aromatic carbocycles. The number of aromatic nitrogens is 2. The lowest BCUT2D eigenvalue weighted by atomic mass is 10.2. The first-order chi connectivity index (χ1) is 10.2. The van der Waals surface area contributed by atoms with Gasteiger partial charge in [-0.3, -0.25) is 4.90 Å². The van der Waals surface area contributed by atoms with Crippen LogP contribution in [0.5, 0.6) is 0 Å². The lowest BCUT2D eigenvalue weighted by Crippen LogP contribution is -2.46.